The Bertz CT molecular complexity index is 1210. The van der Waals surface area contributed by atoms with Gasteiger partial charge in [0.25, 0.3) is 11.7 Å². The average Bonchev–Trinajstić information content (AvgIpc) is 3.52. The molecular formula is C23H24FN7O2S. The SMILES string of the molecule is CN1C(=O)[C@@H](NC(=O)c2nnn(Cc3ccccc3)n2)CSc2cc(N3CCCC3)c(F)cc21. The lowest BCUT2D eigenvalue weighted by molar-refractivity contribution is -0.119. The molecule has 11 heteroatoms. The van der Waals surface area contributed by atoms with E-state index in [1.54, 1.807) is 7.05 Å². The Morgan fingerprint density at radius 1 is 1.18 bits per heavy atom. The molecule has 176 valence electrons. The Labute approximate surface area is 200 Å². The third-order valence-electron chi connectivity index (χ3n) is 6.00. The smallest absolute Gasteiger partial charge is 0.293 e. The summed E-state index contributed by atoms with van der Waals surface area (Å²) in [5.41, 5.74) is 2.03. The maximum Gasteiger partial charge on any atom is 0.293 e. The second-order valence-corrected chi connectivity index (χ2v) is 9.39. The molecule has 0 aliphatic carbocycles. The number of rotatable bonds is 5. The molecule has 1 N–H and O–H groups in total. The number of nitrogens with one attached hydrogen (secondary N) is 1. The van der Waals surface area contributed by atoms with Crippen LogP contribution in [0.3, 0.4) is 0 Å². The predicted octanol–water partition coefficient (Wildman–Crippen LogP) is 2.33. The lowest BCUT2D eigenvalue weighted by Crippen LogP contribution is -2.48. The zero-order chi connectivity index (χ0) is 23.7. The van der Waals surface area contributed by atoms with Crippen LogP contribution in [0.5, 0.6) is 0 Å². The minimum atomic E-state index is -0.811. The number of aromatic nitrogens is 4. The van der Waals surface area contributed by atoms with Crippen molar-refractivity contribution >= 4 is 35.0 Å². The molecule has 2 aromatic carbocycles. The van der Waals surface area contributed by atoms with Crippen LogP contribution in [-0.2, 0) is 11.3 Å². The van der Waals surface area contributed by atoms with Gasteiger partial charge in [0, 0.05) is 36.9 Å². The van der Waals surface area contributed by atoms with Crippen molar-refractivity contribution < 1.29 is 14.0 Å². The summed E-state index contributed by atoms with van der Waals surface area (Å²) in [7, 11) is 1.59. The first-order chi connectivity index (χ1) is 16.5. The van der Waals surface area contributed by atoms with E-state index in [2.05, 4.69) is 20.7 Å². The number of nitrogens with zero attached hydrogens (tertiary/aromatic N) is 6. The van der Waals surface area contributed by atoms with Crippen molar-refractivity contribution in [2.75, 3.05) is 35.7 Å². The molecule has 1 fully saturated rings. The fourth-order valence-corrected chi connectivity index (χ4v) is 5.29. The Balaban J connectivity index is 1.29. The topological polar surface area (TPSA) is 96.2 Å². The summed E-state index contributed by atoms with van der Waals surface area (Å²) in [5, 5.41) is 14.6. The molecule has 2 aliphatic heterocycles. The zero-order valence-corrected chi connectivity index (χ0v) is 19.5. The number of tetrazole rings is 1. The number of hydrogen-bond donors (Lipinski definition) is 1. The van der Waals surface area contributed by atoms with E-state index in [0.717, 1.165) is 36.4 Å². The maximum absolute atomic E-state index is 14.9. The maximum atomic E-state index is 14.9. The minimum absolute atomic E-state index is 0.111. The molecule has 0 radical (unpaired) electrons. The lowest BCUT2D eigenvalue weighted by Gasteiger charge is -2.23. The summed E-state index contributed by atoms with van der Waals surface area (Å²) < 4.78 is 14.9. The quantitative estimate of drug-likeness (QED) is 0.598. The molecule has 34 heavy (non-hydrogen) atoms. The number of amides is 2. The summed E-state index contributed by atoms with van der Waals surface area (Å²) in [6, 6.07) is 12.0. The Morgan fingerprint density at radius 3 is 2.71 bits per heavy atom. The van der Waals surface area contributed by atoms with Gasteiger partial charge in [-0.05, 0) is 29.7 Å². The average molecular weight is 482 g/mol. The fourth-order valence-electron chi connectivity index (χ4n) is 4.18. The third-order valence-corrected chi connectivity index (χ3v) is 7.14. The Morgan fingerprint density at radius 2 is 1.94 bits per heavy atom. The van der Waals surface area contributed by atoms with Gasteiger partial charge in [0.1, 0.15) is 11.9 Å². The highest BCUT2D eigenvalue weighted by atomic mass is 32.2. The van der Waals surface area contributed by atoms with Crippen LogP contribution in [-0.4, -0.2) is 64.0 Å². The van der Waals surface area contributed by atoms with E-state index < -0.39 is 11.9 Å². The Kier molecular flexibility index (Phi) is 6.18. The number of thioether (sulfide) groups is 1. The number of fused-ring (bicyclic) bond motifs is 1. The van der Waals surface area contributed by atoms with Gasteiger partial charge < -0.3 is 15.1 Å². The summed E-state index contributed by atoms with van der Waals surface area (Å²) in [6.07, 6.45) is 2.08. The summed E-state index contributed by atoms with van der Waals surface area (Å²) in [6.45, 7) is 2.03. The normalized spacial score (nSPS) is 18.1. The van der Waals surface area contributed by atoms with E-state index >= 15 is 0 Å². The Hall–Kier alpha value is -3.47. The van der Waals surface area contributed by atoms with Gasteiger partial charge in [-0.15, -0.1) is 22.0 Å². The van der Waals surface area contributed by atoms with E-state index in [1.165, 1.54) is 27.5 Å². The van der Waals surface area contributed by atoms with E-state index in [4.69, 9.17) is 0 Å². The number of benzene rings is 2. The van der Waals surface area contributed by atoms with Gasteiger partial charge >= 0.3 is 0 Å². The van der Waals surface area contributed by atoms with E-state index in [0.29, 0.717) is 23.7 Å². The number of carbonyl (C=O) groups excluding carboxylic acids is 2. The van der Waals surface area contributed by atoms with Crippen molar-refractivity contribution in [2.45, 2.75) is 30.3 Å². The summed E-state index contributed by atoms with van der Waals surface area (Å²) in [5.74, 6) is -1.06. The molecule has 0 bridgehead atoms. The molecular weight excluding hydrogens is 457 g/mol. The molecule has 0 saturated carbocycles. The van der Waals surface area contributed by atoms with E-state index in [-0.39, 0.29) is 17.5 Å². The van der Waals surface area contributed by atoms with Gasteiger partial charge in [0.05, 0.1) is 17.9 Å². The first kappa shape index (κ1) is 22.3. The van der Waals surface area contributed by atoms with Crippen molar-refractivity contribution in [3.05, 3.63) is 59.7 Å². The summed E-state index contributed by atoms with van der Waals surface area (Å²) >= 11 is 1.42. The highest BCUT2D eigenvalue weighted by Crippen LogP contribution is 2.39. The number of hydrogen-bond acceptors (Lipinski definition) is 7. The van der Waals surface area contributed by atoms with Gasteiger partial charge in [-0.25, -0.2) is 4.39 Å². The number of anilines is 2. The molecule has 0 spiro atoms. The van der Waals surface area contributed by atoms with Gasteiger partial charge in [-0.1, -0.05) is 30.3 Å². The molecule has 2 amide bonds. The molecule has 3 aromatic rings. The van der Waals surface area contributed by atoms with Gasteiger partial charge in [-0.3, -0.25) is 9.59 Å². The van der Waals surface area contributed by atoms with E-state index in [1.807, 2.05) is 41.3 Å². The van der Waals surface area contributed by atoms with Crippen LogP contribution in [0.4, 0.5) is 15.8 Å². The first-order valence-corrected chi connectivity index (χ1v) is 12.1. The zero-order valence-electron chi connectivity index (χ0n) is 18.6. The monoisotopic (exact) mass is 481 g/mol. The molecule has 1 aromatic heterocycles. The molecule has 5 rings (SSSR count). The molecule has 2 aliphatic rings. The van der Waals surface area contributed by atoms with Gasteiger partial charge in [0.15, 0.2) is 0 Å². The fraction of sp³-hybridized carbons (Fsp3) is 0.348. The van der Waals surface area contributed by atoms with Gasteiger partial charge in [0.2, 0.25) is 5.91 Å². The van der Waals surface area contributed by atoms with Crippen LogP contribution in [0.1, 0.15) is 29.0 Å². The van der Waals surface area contributed by atoms with Crippen molar-refractivity contribution in [3.8, 4) is 0 Å². The predicted molar refractivity (Wildman–Crippen MR) is 127 cm³/mol. The molecule has 1 atom stereocenters. The lowest BCUT2D eigenvalue weighted by atomic mass is 10.2. The number of halogens is 1. The molecule has 3 heterocycles. The second kappa shape index (κ2) is 9.41. The molecule has 0 unspecified atom stereocenters. The van der Waals surface area contributed by atoms with Crippen LogP contribution in [0, 0.1) is 5.82 Å². The van der Waals surface area contributed by atoms with Gasteiger partial charge in [-0.2, -0.15) is 4.80 Å². The third kappa shape index (κ3) is 4.47. The number of carbonyl (C=O) groups is 2. The standard InChI is InChI=1S/C23H24FN7O2S/c1-29-19-11-16(24)18(30-9-5-6-10-30)12-20(19)34-14-17(23(29)33)25-22(32)21-26-28-31(27-21)13-15-7-3-2-4-8-15/h2-4,7-8,11-12,17H,5-6,9-10,13-14H2,1H3,(H,25,32)/t17-/m0/s1. The van der Waals surface area contributed by atoms with Crippen molar-refractivity contribution in [1.29, 1.82) is 0 Å². The van der Waals surface area contributed by atoms with Crippen LogP contribution in [0.2, 0.25) is 0 Å². The van der Waals surface area contributed by atoms with Crippen molar-refractivity contribution in [3.63, 3.8) is 0 Å². The number of likely N-dealkylation sites (N-methyl/N-ethyl adjacent to an activating group) is 1. The van der Waals surface area contributed by atoms with Crippen LogP contribution >= 0.6 is 11.8 Å². The molecule has 9 nitrogen and oxygen atoms in total. The van der Waals surface area contributed by atoms with Crippen LogP contribution in [0.15, 0.2) is 47.4 Å². The second-order valence-electron chi connectivity index (χ2n) is 8.33. The van der Waals surface area contributed by atoms with E-state index in [9.17, 15) is 14.0 Å². The van der Waals surface area contributed by atoms with Crippen molar-refractivity contribution in [1.82, 2.24) is 25.5 Å². The first-order valence-electron chi connectivity index (χ1n) is 11.1. The highest BCUT2D eigenvalue weighted by molar-refractivity contribution is 7.99. The van der Waals surface area contributed by atoms with Crippen LogP contribution < -0.4 is 15.1 Å². The minimum Gasteiger partial charge on any atom is -0.369 e. The highest BCUT2D eigenvalue weighted by Gasteiger charge is 2.32. The largest absolute Gasteiger partial charge is 0.369 e. The van der Waals surface area contributed by atoms with Crippen molar-refractivity contribution in [2.24, 2.45) is 0 Å². The van der Waals surface area contributed by atoms with Crippen LogP contribution in [0.25, 0.3) is 0 Å². The molecule has 1 saturated heterocycles. The summed E-state index contributed by atoms with van der Waals surface area (Å²) in [4.78, 5) is 31.4.